The molecule has 0 atom stereocenters. The molecule has 1 aliphatic heterocycles. The number of hydrogen-bond donors (Lipinski definition) is 1. The quantitative estimate of drug-likeness (QED) is 0.804. The van der Waals surface area contributed by atoms with Crippen molar-refractivity contribution in [1.29, 1.82) is 0 Å². The summed E-state index contributed by atoms with van der Waals surface area (Å²) in [6.45, 7) is 2.26. The molecule has 0 unspecified atom stereocenters. The van der Waals surface area contributed by atoms with E-state index >= 15 is 0 Å². The van der Waals surface area contributed by atoms with Crippen molar-refractivity contribution in [1.82, 2.24) is 0 Å². The first-order chi connectivity index (χ1) is 7.17. The van der Waals surface area contributed by atoms with Crippen molar-refractivity contribution in [2.75, 3.05) is 18.0 Å². The van der Waals surface area contributed by atoms with Crippen LogP contribution in [0.25, 0.3) is 0 Å². The van der Waals surface area contributed by atoms with Crippen molar-refractivity contribution in [2.24, 2.45) is 5.41 Å². The highest BCUT2D eigenvalue weighted by Crippen LogP contribution is 2.49. The van der Waals surface area contributed by atoms with Crippen LogP contribution in [0.15, 0.2) is 24.3 Å². The first-order valence-corrected chi connectivity index (χ1v) is 6.43. The molecule has 2 aliphatic rings. The molecule has 0 radical (unpaired) electrons. The normalized spacial score (nSPS) is 23.7. The Balaban J connectivity index is 1.65. The van der Waals surface area contributed by atoms with Crippen LogP contribution in [-0.2, 0) is 0 Å². The molecule has 1 spiro atoms. The number of rotatable bonds is 1. The maximum absolute atomic E-state index is 9.32. The molecule has 0 aromatic heterocycles. The van der Waals surface area contributed by atoms with E-state index in [1.54, 1.807) is 0 Å². The van der Waals surface area contributed by atoms with Crippen molar-refractivity contribution in [3.63, 3.8) is 0 Å². The lowest BCUT2D eigenvalue weighted by Crippen LogP contribution is -2.63. The molecular weight excluding hydrogens is 301 g/mol. The highest BCUT2D eigenvalue weighted by atomic mass is 127. The molecule has 1 N–H and O–H groups in total. The van der Waals surface area contributed by atoms with Crippen LogP contribution in [0.2, 0.25) is 0 Å². The highest BCUT2D eigenvalue weighted by Gasteiger charge is 2.51. The van der Waals surface area contributed by atoms with E-state index in [2.05, 4.69) is 51.8 Å². The third-order valence-electron chi connectivity index (χ3n) is 3.58. The molecule has 1 aromatic carbocycles. The Morgan fingerprint density at radius 1 is 1.20 bits per heavy atom. The number of nitrogens with zero attached hydrogens (tertiary/aromatic N) is 1. The zero-order valence-electron chi connectivity index (χ0n) is 8.49. The van der Waals surface area contributed by atoms with Crippen LogP contribution in [0.4, 0.5) is 5.69 Å². The summed E-state index contributed by atoms with van der Waals surface area (Å²) in [7, 11) is 0. The SMILES string of the molecule is OC1CC2(C1)CN(c1ccc(I)cc1)C2. The zero-order valence-corrected chi connectivity index (χ0v) is 10.6. The average Bonchev–Trinajstić information content (AvgIpc) is 2.11. The molecule has 2 fully saturated rings. The van der Waals surface area contributed by atoms with E-state index in [-0.39, 0.29) is 6.10 Å². The number of hydrogen-bond acceptors (Lipinski definition) is 2. The van der Waals surface area contributed by atoms with Gasteiger partial charge in [-0.05, 0) is 59.7 Å². The number of aliphatic hydroxyl groups is 1. The minimum absolute atomic E-state index is 0.0242. The van der Waals surface area contributed by atoms with Gasteiger partial charge in [0.2, 0.25) is 0 Å². The monoisotopic (exact) mass is 315 g/mol. The molecule has 0 amide bonds. The van der Waals surface area contributed by atoms with Gasteiger partial charge in [-0.1, -0.05) is 0 Å². The molecule has 15 heavy (non-hydrogen) atoms. The Labute approximate surface area is 103 Å². The van der Waals surface area contributed by atoms with E-state index in [1.807, 2.05) is 0 Å². The zero-order chi connectivity index (χ0) is 10.5. The summed E-state index contributed by atoms with van der Waals surface area (Å²) in [6.07, 6.45) is 1.99. The van der Waals surface area contributed by atoms with Crippen molar-refractivity contribution < 1.29 is 5.11 Å². The van der Waals surface area contributed by atoms with Crippen LogP contribution in [0.5, 0.6) is 0 Å². The maximum Gasteiger partial charge on any atom is 0.0553 e. The first-order valence-electron chi connectivity index (χ1n) is 5.36. The first kappa shape index (κ1) is 9.90. The summed E-state index contributed by atoms with van der Waals surface area (Å²) < 4.78 is 1.28. The van der Waals surface area contributed by atoms with Gasteiger partial charge in [0.15, 0.2) is 0 Å². The number of aliphatic hydroxyl groups excluding tert-OH is 1. The van der Waals surface area contributed by atoms with Crippen LogP contribution < -0.4 is 4.90 Å². The smallest absolute Gasteiger partial charge is 0.0553 e. The van der Waals surface area contributed by atoms with E-state index in [0.29, 0.717) is 5.41 Å². The summed E-state index contributed by atoms with van der Waals surface area (Å²) >= 11 is 2.33. The average molecular weight is 315 g/mol. The Kier molecular flexibility index (Phi) is 2.21. The molecule has 1 saturated carbocycles. The summed E-state index contributed by atoms with van der Waals surface area (Å²) in [5.74, 6) is 0. The number of benzene rings is 1. The fraction of sp³-hybridized carbons (Fsp3) is 0.500. The van der Waals surface area contributed by atoms with E-state index < -0.39 is 0 Å². The number of anilines is 1. The Morgan fingerprint density at radius 3 is 2.33 bits per heavy atom. The molecule has 2 nitrogen and oxygen atoms in total. The lowest BCUT2D eigenvalue weighted by molar-refractivity contribution is -0.0491. The molecule has 1 heterocycles. The number of halogens is 1. The van der Waals surface area contributed by atoms with Gasteiger partial charge in [-0.25, -0.2) is 0 Å². The lowest BCUT2D eigenvalue weighted by Gasteiger charge is -2.58. The molecule has 1 aliphatic carbocycles. The molecule has 3 heteroatoms. The minimum Gasteiger partial charge on any atom is -0.393 e. The van der Waals surface area contributed by atoms with E-state index in [4.69, 9.17) is 0 Å². The predicted molar refractivity (Wildman–Crippen MR) is 69.0 cm³/mol. The van der Waals surface area contributed by atoms with E-state index in [1.165, 1.54) is 9.26 Å². The molecule has 80 valence electrons. The van der Waals surface area contributed by atoms with Gasteiger partial charge in [0, 0.05) is 27.8 Å². The third kappa shape index (κ3) is 1.65. The van der Waals surface area contributed by atoms with Crippen LogP contribution in [0, 0.1) is 8.99 Å². The van der Waals surface area contributed by atoms with Gasteiger partial charge in [-0.15, -0.1) is 0 Å². The fourth-order valence-corrected chi connectivity index (χ4v) is 3.16. The van der Waals surface area contributed by atoms with Crippen LogP contribution in [-0.4, -0.2) is 24.3 Å². The summed E-state index contributed by atoms with van der Waals surface area (Å²) in [4.78, 5) is 2.40. The van der Waals surface area contributed by atoms with Gasteiger partial charge in [-0.3, -0.25) is 0 Å². The standard InChI is InChI=1S/C12H14INO/c13-9-1-3-10(4-2-9)14-7-12(8-14)5-11(15)6-12/h1-4,11,15H,5-8H2. The van der Waals surface area contributed by atoms with Gasteiger partial charge in [-0.2, -0.15) is 0 Å². The molecule has 3 rings (SSSR count). The van der Waals surface area contributed by atoms with Crippen molar-refractivity contribution in [3.8, 4) is 0 Å². The summed E-state index contributed by atoms with van der Waals surface area (Å²) in [5.41, 5.74) is 1.78. The third-order valence-corrected chi connectivity index (χ3v) is 4.30. The predicted octanol–water partition coefficient (Wildman–Crippen LogP) is 2.25. The molecule has 1 saturated heterocycles. The Bertz CT molecular complexity index is 362. The largest absolute Gasteiger partial charge is 0.393 e. The second-order valence-electron chi connectivity index (χ2n) is 4.89. The second kappa shape index (κ2) is 3.35. The van der Waals surface area contributed by atoms with Gasteiger partial charge < -0.3 is 10.0 Å². The Hall–Kier alpha value is -0.290. The van der Waals surface area contributed by atoms with Crippen molar-refractivity contribution >= 4 is 28.3 Å². The van der Waals surface area contributed by atoms with Crippen molar-refractivity contribution in [3.05, 3.63) is 27.8 Å². The van der Waals surface area contributed by atoms with Crippen LogP contribution in [0.3, 0.4) is 0 Å². The van der Waals surface area contributed by atoms with Crippen LogP contribution in [0.1, 0.15) is 12.8 Å². The van der Waals surface area contributed by atoms with Crippen molar-refractivity contribution in [2.45, 2.75) is 18.9 Å². The van der Waals surface area contributed by atoms with Gasteiger partial charge in [0.1, 0.15) is 0 Å². The van der Waals surface area contributed by atoms with E-state index in [0.717, 1.165) is 25.9 Å². The lowest BCUT2D eigenvalue weighted by atomic mass is 9.62. The van der Waals surface area contributed by atoms with Gasteiger partial charge in [0.05, 0.1) is 6.10 Å². The van der Waals surface area contributed by atoms with Gasteiger partial charge >= 0.3 is 0 Å². The van der Waals surface area contributed by atoms with Crippen LogP contribution >= 0.6 is 22.6 Å². The highest BCUT2D eigenvalue weighted by molar-refractivity contribution is 14.1. The minimum atomic E-state index is -0.0242. The van der Waals surface area contributed by atoms with E-state index in [9.17, 15) is 5.11 Å². The summed E-state index contributed by atoms with van der Waals surface area (Å²) in [5, 5.41) is 9.32. The topological polar surface area (TPSA) is 23.5 Å². The molecular formula is C12H14INO. The Morgan fingerprint density at radius 2 is 1.80 bits per heavy atom. The fourth-order valence-electron chi connectivity index (χ4n) is 2.80. The molecule has 1 aromatic rings. The second-order valence-corrected chi connectivity index (χ2v) is 6.14. The van der Waals surface area contributed by atoms with Gasteiger partial charge in [0.25, 0.3) is 0 Å². The maximum atomic E-state index is 9.32. The summed E-state index contributed by atoms with van der Waals surface area (Å²) in [6, 6.07) is 8.67. The molecule has 0 bridgehead atoms.